The Balaban J connectivity index is 2.38. The molecule has 2 N–H and O–H groups in total. The molecule has 11 heteroatoms. The SMILES string of the molecule is C=C(NS(=O)(=O)N(CCCNC)S(C)(=O)=O)N1N=C(C)CC1(CCC)c1ccccc1. The van der Waals surface area contributed by atoms with Crippen LogP contribution in [-0.4, -0.2) is 57.7 Å². The molecule has 0 bridgehead atoms. The zero-order chi connectivity index (χ0) is 23.3. The minimum Gasteiger partial charge on any atom is -0.320 e. The number of rotatable bonds is 12. The van der Waals surface area contributed by atoms with Crippen molar-refractivity contribution >= 4 is 25.9 Å². The molecule has 0 radical (unpaired) electrons. The maximum absolute atomic E-state index is 13.0. The van der Waals surface area contributed by atoms with Gasteiger partial charge in [-0.3, -0.25) is 4.72 Å². The number of hydrazone groups is 1. The lowest BCUT2D eigenvalue weighted by atomic mass is 9.81. The first-order valence-corrected chi connectivity index (χ1v) is 13.5. The van der Waals surface area contributed by atoms with E-state index in [2.05, 4.69) is 28.6 Å². The largest absolute Gasteiger partial charge is 0.320 e. The summed E-state index contributed by atoms with van der Waals surface area (Å²) in [7, 11) is -6.71. The van der Waals surface area contributed by atoms with Crippen molar-refractivity contribution < 1.29 is 16.8 Å². The highest BCUT2D eigenvalue weighted by Crippen LogP contribution is 2.43. The van der Waals surface area contributed by atoms with Crippen molar-refractivity contribution in [3.8, 4) is 0 Å². The van der Waals surface area contributed by atoms with Crippen LogP contribution in [0.5, 0.6) is 0 Å². The number of benzene rings is 1. The smallest absolute Gasteiger partial charge is 0.315 e. The Bertz CT molecular complexity index is 1010. The van der Waals surface area contributed by atoms with Crippen LogP contribution in [0, 0.1) is 0 Å². The van der Waals surface area contributed by atoms with Crippen molar-refractivity contribution in [1.82, 2.24) is 18.8 Å². The van der Waals surface area contributed by atoms with Crippen LogP contribution < -0.4 is 10.0 Å². The van der Waals surface area contributed by atoms with Gasteiger partial charge < -0.3 is 5.32 Å². The van der Waals surface area contributed by atoms with Crippen LogP contribution in [-0.2, 0) is 25.8 Å². The van der Waals surface area contributed by atoms with Crippen LogP contribution in [0.4, 0.5) is 0 Å². The zero-order valence-electron chi connectivity index (χ0n) is 18.6. The summed E-state index contributed by atoms with van der Waals surface area (Å²) in [5, 5.41) is 9.03. The number of hydrogen-bond acceptors (Lipinski definition) is 7. The van der Waals surface area contributed by atoms with Gasteiger partial charge in [0.25, 0.3) is 0 Å². The van der Waals surface area contributed by atoms with E-state index >= 15 is 0 Å². The molecular weight excluding hydrogens is 438 g/mol. The molecule has 0 aliphatic carbocycles. The number of nitrogens with zero attached hydrogens (tertiary/aromatic N) is 3. The van der Waals surface area contributed by atoms with Crippen LogP contribution in [0.2, 0.25) is 0 Å². The molecule has 0 spiro atoms. The lowest BCUT2D eigenvalue weighted by Crippen LogP contribution is -2.49. The summed E-state index contributed by atoms with van der Waals surface area (Å²) in [5.74, 6) is 0.0106. The summed E-state index contributed by atoms with van der Waals surface area (Å²) in [5.41, 5.74) is 1.24. The zero-order valence-corrected chi connectivity index (χ0v) is 20.3. The summed E-state index contributed by atoms with van der Waals surface area (Å²) >= 11 is 0. The highest BCUT2D eigenvalue weighted by molar-refractivity contribution is 8.02. The van der Waals surface area contributed by atoms with Crippen molar-refractivity contribution in [3.63, 3.8) is 0 Å². The van der Waals surface area contributed by atoms with Crippen LogP contribution in [0.25, 0.3) is 0 Å². The number of sulfonamides is 1. The second-order valence-electron chi connectivity index (χ2n) is 7.74. The molecule has 2 rings (SSSR count). The van der Waals surface area contributed by atoms with E-state index in [1.165, 1.54) is 0 Å². The van der Waals surface area contributed by atoms with Gasteiger partial charge in [-0.25, -0.2) is 13.4 Å². The quantitative estimate of drug-likeness (QED) is 0.451. The van der Waals surface area contributed by atoms with Crippen LogP contribution in [0.15, 0.2) is 47.8 Å². The van der Waals surface area contributed by atoms with Gasteiger partial charge in [-0.1, -0.05) is 54.0 Å². The molecule has 1 aromatic rings. The Morgan fingerprint density at radius 3 is 2.45 bits per heavy atom. The van der Waals surface area contributed by atoms with Crippen molar-refractivity contribution in [2.75, 3.05) is 26.4 Å². The average Bonchev–Trinajstić information content (AvgIpc) is 3.02. The summed E-state index contributed by atoms with van der Waals surface area (Å²) in [6.45, 7) is 8.15. The van der Waals surface area contributed by atoms with Gasteiger partial charge in [0.05, 0.1) is 11.8 Å². The summed E-state index contributed by atoms with van der Waals surface area (Å²) in [6.07, 6.45) is 3.38. The Morgan fingerprint density at radius 2 is 1.90 bits per heavy atom. The first kappa shape index (κ1) is 25.3. The number of nitrogens with one attached hydrogen (secondary N) is 2. The summed E-state index contributed by atoms with van der Waals surface area (Å²) in [6, 6.07) is 9.75. The van der Waals surface area contributed by atoms with Crippen LogP contribution >= 0.6 is 0 Å². The normalized spacial score (nSPS) is 19.5. The molecule has 1 heterocycles. The number of hydrogen-bond donors (Lipinski definition) is 2. The lowest BCUT2D eigenvalue weighted by Gasteiger charge is -2.39. The topological polar surface area (TPSA) is 111 Å². The fourth-order valence-corrected chi connectivity index (χ4v) is 6.79. The second-order valence-corrected chi connectivity index (χ2v) is 11.5. The summed E-state index contributed by atoms with van der Waals surface area (Å²) < 4.78 is 53.2. The minimum atomic E-state index is -4.40. The Labute approximate surface area is 186 Å². The molecule has 0 saturated carbocycles. The molecule has 0 amide bonds. The van der Waals surface area contributed by atoms with Gasteiger partial charge >= 0.3 is 10.2 Å². The Hall–Kier alpha value is -1.95. The van der Waals surface area contributed by atoms with Crippen LogP contribution in [0.3, 0.4) is 0 Å². The highest BCUT2D eigenvalue weighted by Gasteiger charge is 2.45. The van der Waals surface area contributed by atoms with Crippen molar-refractivity contribution in [2.45, 2.75) is 45.1 Å². The highest BCUT2D eigenvalue weighted by atomic mass is 32.3. The van der Waals surface area contributed by atoms with E-state index in [0.29, 0.717) is 23.1 Å². The van der Waals surface area contributed by atoms with Gasteiger partial charge in [0.1, 0.15) is 5.82 Å². The van der Waals surface area contributed by atoms with Gasteiger partial charge in [-0.15, -0.1) is 0 Å². The van der Waals surface area contributed by atoms with E-state index in [4.69, 9.17) is 0 Å². The Morgan fingerprint density at radius 1 is 1.26 bits per heavy atom. The molecular formula is C20H33N5O4S2. The van der Waals surface area contributed by atoms with Crippen molar-refractivity contribution in [1.29, 1.82) is 0 Å². The molecule has 0 fully saturated rings. The van der Waals surface area contributed by atoms with E-state index < -0.39 is 25.8 Å². The average molecular weight is 472 g/mol. The third kappa shape index (κ3) is 5.85. The maximum Gasteiger partial charge on any atom is 0.315 e. The predicted octanol–water partition coefficient (Wildman–Crippen LogP) is 1.94. The molecule has 1 atom stereocenters. The van der Waals surface area contributed by atoms with Gasteiger partial charge in [-0.2, -0.15) is 13.5 Å². The third-order valence-corrected chi connectivity index (χ3v) is 8.64. The summed E-state index contributed by atoms with van der Waals surface area (Å²) in [4.78, 5) is 0. The molecule has 1 aliphatic rings. The molecule has 0 aromatic heterocycles. The Kier molecular flexibility index (Phi) is 8.26. The molecule has 9 nitrogen and oxygen atoms in total. The van der Waals surface area contributed by atoms with E-state index in [1.807, 2.05) is 37.3 Å². The van der Waals surface area contributed by atoms with E-state index in [0.717, 1.165) is 30.4 Å². The second kappa shape index (κ2) is 10.1. The van der Waals surface area contributed by atoms with Gasteiger partial charge in [0, 0.05) is 18.7 Å². The molecule has 1 unspecified atom stereocenters. The first-order valence-electron chi connectivity index (χ1n) is 10.2. The third-order valence-electron chi connectivity index (χ3n) is 5.11. The van der Waals surface area contributed by atoms with E-state index in [1.54, 1.807) is 12.1 Å². The van der Waals surface area contributed by atoms with Crippen molar-refractivity contribution in [2.24, 2.45) is 5.10 Å². The lowest BCUT2D eigenvalue weighted by molar-refractivity contribution is 0.142. The molecule has 1 aromatic carbocycles. The van der Waals surface area contributed by atoms with Crippen LogP contribution in [0.1, 0.15) is 45.1 Å². The van der Waals surface area contributed by atoms with E-state index in [9.17, 15) is 16.8 Å². The van der Waals surface area contributed by atoms with Crippen molar-refractivity contribution in [3.05, 3.63) is 48.3 Å². The standard InChI is InChI=1S/C20H33N5O4S2/c1-6-13-20(19-11-8-7-9-12-19)16-17(2)22-25(20)18(3)23-31(28,29)24(30(5,26)27)15-10-14-21-4/h7-9,11-12,21,23H,3,6,10,13-16H2,1-2,4-5H3. The molecule has 0 saturated heterocycles. The van der Waals surface area contributed by atoms with Gasteiger partial charge in [-0.05, 0) is 38.9 Å². The van der Waals surface area contributed by atoms with Gasteiger partial charge in [0.15, 0.2) is 0 Å². The first-order chi connectivity index (χ1) is 14.5. The van der Waals surface area contributed by atoms with Gasteiger partial charge in [0.2, 0.25) is 10.0 Å². The predicted molar refractivity (Wildman–Crippen MR) is 124 cm³/mol. The monoisotopic (exact) mass is 471 g/mol. The fourth-order valence-electron chi connectivity index (χ4n) is 3.94. The molecule has 174 valence electrons. The molecule has 1 aliphatic heterocycles. The molecule has 31 heavy (non-hydrogen) atoms. The minimum absolute atomic E-state index is 0.0106. The fraction of sp³-hybridized carbons (Fsp3) is 0.550. The maximum atomic E-state index is 13.0. The van der Waals surface area contributed by atoms with E-state index in [-0.39, 0.29) is 12.4 Å².